The Bertz CT molecular complexity index is 1140. The Hall–Kier alpha value is -4.02. The van der Waals surface area contributed by atoms with E-state index < -0.39 is 0 Å². The van der Waals surface area contributed by atoms with Gasteiger partial charge in [0.25, 0.3) is 5.91 Å². The van der Waals surface area contributed by atoms with Gasteiger partial charge < -0.3 is 5.32 Å². The normalized spacial score (nSPS) is 15.7. The maximum atomic E-state index is 12.9. The van der Waals surface area contributed by atoms with Gasteiger partial charge in [-0.1, -0.05) is 0 Å². The summed E-state index contributed by atoms with van der Waals surface area (Å²) in [6.07, 6.45) is 10.7. The number of carbonyl (C=O) groups excluding carboxylic acids is 1. The largest absolute Gasteiger partial charge is 0.345 e. The van der Waals surface area contributed by atoms with E-state index in [1.165, 1.54) is 17.2 Å². The van der Waals surface area contributed by atoms with Crippen molar-refractivity contribution in [1.82, 2.24) is 50.7 Å². The second-order valence-corrected chi connectivity index (χ2v) is 6.64. The molecule has 1 aliphatic carbocycles. The maximum Gasteiger partial charge on any atom is 0.257 e. The lowest BCUT2D eigenvalue weighted by atomic mass is 9.92. The van der Waals surface area contributed by atoms with Crippen molar-refractivity contribution in [3.05, 3.63) is 60.1 Å². The van der Waals surface area contributed by atoms with Crippen molar-refractivity contribution in [2.45, 2.75) is 25.3 Å². The molecule has 4 heterocycles. The number of carbonyl (C=O) groups is 1. The summed E-state index contributed by atoms with van der Waals surface area (Å²) in [4.78, 5) is 26.2. The van der Waals surface area contributed by atoms with Gasteiger partial charge in [-0.25, -0.2) is 9.97 Å². The van der Waals surface area contributed by atoms with Gasteiger partial charge in [-0.05, 0) is 41.8 Å². The summed E-state index contributed by atoms with van der Waals surface area (Å²) in [5.74, 6) is 0.782. The van der Waals surface area contributed by atoms with E-state index in [1.54, 1.807) is 18.6 Å². The van der Waals surface area contributed by atoms with Crippen LogP contribution in [0.3, 0.4) is 0 Å². The number of pyridine rings is 1. The molecule has 1 unspecified atom stereocenters. The monoisotopic (exact) mass is 388 g/mol. The number of hydrogen-bond acceptors (Lipinski definition) is 8. The van der Waals surface area contributed by atoms with Crippen molar-refractivity contribution >= 4 is 5.91 Å². The molecule has 0 radical (unpaired) electrons. The van der Waals surface area contributed by atoms with Crippen LogP contribution in [0.5, 0.6) is 0 Å². The first-order valence-electron chi connectivity index (χ1n) is 9.13. The van der Waals surface area contributed by atoms with Gasteiger partial charge in [0.1, 0.15) is 11.9 Å². The minimum Gasteiger partial charge on any atom is -0.345 e. The summed E-state index contributed by atoms with van der Waals surface area (Å²) in [5, 5.41) is 20.7. The smallest absolute Gasteiger partial charge is 0.257 e. The van der Waals surface area contributed by atoms with E-state index in [2.05, 4.69) is 41.0 Å². The zero-order valence-electron chi connectivity index (χ0n) is 15.2. The van der Waals surface area contributed by atoms with E-state index in [-0.39, 0.29) is 11.9 Å². The summed E-state index contributed by atoms with van der Waals surface area (Å²) in [7, 11) is 0. The molecule has 1 amide bonds. The Morgan fingerprint density at radius 3 is 3.07 bits per heavy atom. The SMILES string of the molecule is O=C(NC1CCCc2nc(-c3cccnc3)ncc21)c1cn[nH]c1-n1cnnn1. The van der Waals surface area contributed by atoms with E-state index >= 15 is 0 Å². The molecular formula is C18H16N10O. The van der Waals surface area contributed by atoms with Crippen LogP contribution in [0.15, 0.2) is 43.2 Å². The molecule has 144 valence electrons. The Morgan fingerprint density at radius 1 is 1.28 bits per heavy atom. The van der Waals surface area contributed by atoms with E-state index in [0.717, 1.165) is 36.1 Å². The van der Waals surface area contributed by atoms with Crippen LogP contribution >= 0.6 is 0 Å². The van der Waals surface area contributed by atoms with Gasteiger partial charge in [-0.2, -0.15) is 9.78 Å². The van der Waals surface area contributed by atoms with Crippen LogP contribution < -0.4 is 5.32 Å². The number of nitrogens with zero attached hydrogens (tertiary/aromatic N) is 8. The molecule has 11 nitrogen and oxygen atoms in total. The third-order valence-electron chi connectivity index (χ3n) is 4.85. The summed E-state index contributed by atoms with van der Waals surface area (Å²) in [6, 6.07) is 3.61. The second kappa shape index (κ2) is 7.19. The third-order valence-corrected chi connectivity index (χ3v) is 4.85. The minimum absolute atomic E-state index is 0.175. The molecule has 29 heavy (non-hydrogen) atoms. The minimum atomic E-state index is -0.265. The Morgan fingerprint density at radius 2 is 2.24 bits per heavy atom. The number of rotatable bonds is 4. The number of tetrazole rings is 1. The van der Waals surface area contributed by atoms with Crippen LogP contribution in [0.2, 0.25) is 0 Å². The van der Waals surface area contributed by atoms with Crippen LogP contribution in [0.1, 0.15) is 40.5 Å². The highest BCUT2D eigenvalue weighted by atomic mass is 16.1. The molecular weight excluding hydrogens is 372 g/mol. The van der Waals surface area contributed by atoms with E-state index in [4.69, 9.17) is 4.98 Å². The fourth-order valence-corrected chi connectivity index (χ4v) is 3.45. The molecule has 2 N–H and O–H groups in total. The standard InChI is InChI=1S/C18H16N10O/c29-18(13-9-21-25-17(13)28-10-22-26-27-28)24-15-5-1-4-14-12(15)8-20-16(23-14)11-3-2-6-19-7-11/h2-3,6-10,15H,1,4-5H2,(H,21,25)(H,24,29). The predicted molar refractivity (Wildman–Crippen MR) is 99.7 cm³/mol. The number of fused-ring (bicyclic) bond motifs is 1. The van der Waals surface area contributed by atoms with Gasteiger partial charge in [-0.15, -0.1) is 5.10 Å². The number of H-pyrrole nitrogens is 1. The van der Waals surface area contributed by atoms with Gasteiger partial charge in [0.2, 0.25) is 0 Å². The van der Waals surface area contributed by atoms with E-state index in [9.17, 15) is 4.79 Å². The van der Waals surface area contributed by atoms with Crippen LogP contribution in [0.4, 0.5) is 0 Å². The Labute approximate surface area is 164 Å². The second-order valence-electron chi connectivity index (χ2n) is 6.64. The molecule has 5 rings (SSSR count). The van der Waals surface area contributed by atoms with E-state index in [0.29, 0.717) is 17.2 Å². The van der Waals surface area contributed by atoms with Crippen LogP contribution in [0.25, 0.3) is 17.2 Å². The molecule has 0 spiro atoms. The lowest BCUT2D eigenvalue weighted by molar-refractivity contribution is 0.0932. The van der Waals surface area contributed by atoms with Crippen molar-refractivity contribution in [2.24, 2.45) is 0 Å². The van der Waals surface area contributed by atoms with Crippen molar-refractivity contribution in [2.75, 3.05) is 0 Å². The van der Waals surface area contributed by atoms with Crippen molar-refractivity contribution in [1.29, 1.82) is 0 Å². The van der Waals surface area contributed by atoms with Gasteiger partial charge in [0, 0.05) is 35.4 Å². The lowest BCUT2D eigenvalue weighted by Crippen LogP contribution is -2.32. The molecule has 0 bridgehead atoms. The number of aromatic nitrogens is 9. The molecule has 0 fully saturated rings. The Kier molecular flexibility index (Phi) is 4.24. The van der Waals surface area contributed by atoms with Gasteiger partial charge in [-0.3, -0.25) is 14.9 Å². The highest BCUT2D eigenvalue weighted by molar-refractivity contribution is 5.97. The van der Waals surface area contributed by atoms with E-state index in [1.807, 2.05) is 12.1 Å². The van der Waals surface area contributed by atoms with Gasteiger partial charge in [0.05, 0.1) is 12.2 Å². The first kappa shape index (κ1) is 17.1. The summed E-state index contributed by atoms with van der Waals surface area (Å²) in [6.45, 7) is 0. The molecule has 4 aromatic rings. The fourth-order valence-electron chi connectivity index (χ4n) is 3.45. The zero-order chi connectivity index (χ0) is 19.6. The molecule has 4 aromatic heterocycles. The molecule has 0 saturated carbocycles. The number of nitrogens with one attached hydrogen (secondary N) is 2. The van der Waals surface area contributed by atoms with Crippen molar-refractivity contribution < 1.29 is 4.79 Å². The van der Waals surface area contributed by atoms with Crippen LogP contribution in [-0.4, -0.2) is 51.3 Å². The molecule has 1 aliphatic rings. The first-order valence-corrected chi connectivity index (χ1v) is 9.13. The van der Waals surface area contributed by atoms with Crippen molar-refractivity contribution in [3.63, 3.8) is 0 Å². The van der Waals surface area contributed by atoms with Crippen LogP contribution in [0, 0.1) is 0 Å². The number of amides is 1. The fraction of sp³-hybridized carbons (Fsp3) is 0.222. The molecule has 1 atom stereocenters. The molecule has 0 saturated heterocycles. The quantitative estimate of drug-likeness (QED) is 0.528. The average Bonchev–Trinajstić information content (AvgIpc) is 3.46. The van der Waals surface area contributed by atoms with Crippen molar-refractivity contribution in [3.8, 4) is 17.2 Å². The lowest BCUT2D eigenvalue weighted by Gasteiger charge is -2.25. The zero-order valence-corrected chi connectivity index (χ0v) is 15.2. The van der Waals surface area contributed by atoms with Gasteiger partial charge >= 0.3 is 0 Å². The maximum absolute atomic E-state index is 12.9. The number of aromatic amines is 1. The molecule has 0 aliphatic heterocycles. The summed E-state index contributed by atoms with van der Waals surface area (Å²) < 4.78 is 1.36. The average molecular weight is 388 g/mol. The molecule has 11 heteroatoms. The number of aryl methyl sites for hydroxylation is 1. The topological polar surface area (TPSA) is 140 Å². The van der Waals surface area contributed by atoms with Gasteiger partial charge in [0.15, 0.2) is 11.6 Å². The first-order chi connectivity index (χ1) is 14.3. The highest BCUT2D eigenvalue weighted by Crippen LogP contribution is 2.30. The Balaban J connectivity index is 1.40. The predicted octanol–water partition coefficient (Wildman–Crippen LogP) is 1.04. The number of hydrogen-bond donors (Lipinski definition) is 2. The third kappa shape index (κ3) is 3.22. The summed E-state index contributed by atoms with van der Waals surface area (Å²) >= 11 is 0. The van der Waals surface area contributed by atoms with Crippen LogP contribution in [-0.2, 0) is 6.42 Å². The molecule has 0 aromatic carbocycles. The summed E-state index contributed by atoms with van der Waals surface area (Å²) in [5.41, 5.74) is 3.11. The highest BCUT2D eigenvalue weighted by Gasteiger charge is 2.26.